The molecule has 1 aliphatic heterocycles. The lowest BCUT2D eigenvalue weighted by molar-refractivity contribution is -0.112. The van der Waals surface area contributed by atoms with Gasteiger partial charge < -0.3 is 10.1 Å². The van der Waals surface area contributed by atoms with Gasteiger partial charge in [-0.1, -0.05) is 13.8 Å². The van der Waals surface area contributed by atoms with Crippen molar-refractivity contribution >= 4 is 11.3 Å². The summed E-state index contributed by atoms with van der Waals surface area (Å²) >= 11 is 1.79. The van der Waals surface area contributed by atoms with Crippen molar-refractivity contribution in [3.05, 3.63) is 22.4 Å². The monoisotopic (exact) mass is 251 g/mol. The van der Waals surface area contributed by atoms with E-state index in [1.807, 2.05) is 0 Å². The molecule has 1 N–H and O–H groups in total. The van der Waals surface area contributed by atoms with Crippen molar-refractivity contribution in [3.8, 4) is 0 Å². The molecule has 1 aromatic rings. The van der Waals surface area contributed by atoms with Crippen molar-refractivity contribution in [2.75, 3.05) is 13.2 Å². The van der Waals surface area contributed by atoms with E-state index >= 15 is 0 Å². The SMILES string of the molecule is CC1(C)C(NCCc2ccsc2)C2CCOC21. The van der Waals surface area contributed by atoms with Crippen LogP contribution in [0.3, 0.4) is 0 Å². The predicted octanol–water partition coefficient (Wildman–Crippen LogP) is 2.69. The molecule has 1 aliphatic carbocycles. The van der Waals surface area contributed by atoms with E-state index < -0.39 is 0 Å². The van der Waals surface area contributed by atoms with Crippen molar-refractivity contribution in [2.45, 2.75) is 38.8 Å². The van der Waals surface area contributed by atoms with Gasteiger partial charge in [-0.05, 0) is 41.8 Å². The third kappa shape index (κ3) is 1.94. The minimum absolute atomic E-state index is 0.315. The summed E-state index contributed by atoms with van der Waals surface area (Å²) in [5.74, 6) is 0.757. The smallest absolute Gasteiger partial charge is 0.0685 e. The molecule has 0 spiro atoms. The molecular formula is C14H21NOS. The van der Waals surface area contributed by atoms with Crippen molar-refractivity contribution in [2.24, 2.45) is 11.3 Å². The summed E-state index contributed by atoms with van der Waals surface area (Å²) in [6.07, 6.45) is 2.89. The number of rotatable bonds is 4. The second kappa shape index (κ2) is 4.38. The molecular weight excluding hydrogens is 230 g/mol. The van der Waals surface area contributed by atoms with Crippen LogP contribution in [-0.2, 0) is 11.2 Å². The van der Waals surface area contributed by atoms with Gasteiger partial charge in [-0.25, -0.2) is 0 Å². The number of nitrogens with one attached hydrogen (secondary N) is 1. The molecule has 2 nitrogen and oxygen atoms in total. The average Bonchev–Trinajstić information content (AvgIpc) is 2.94. The highest BCUT2D eigenvalue weighted by molar-refractivity contribution is 7.07. The molecule has 1 saturated carbocycles. The van der Waals surface area contributed by atoms with Crippen LogP contribution in [0.1, 0.15) is 25.8 Å². The van der Waals surface area contributed by atoms with Crippen molar-refractivity contribution in [1.29, 1.82) is 0 Å². The molecule has 0 aromatic carbocycles. The topological polar surface area (TPSA) is 21.3 Å². The van der Waals surface area contributed by atoms with Crippen LogP contribution in [0.15, 0.2) is 16.8 Å². The van der Waals surface area contributed by atoms with Gasteiger partial charge >= 0.3 is 0 Å². The molecule has 0 radical (unpaired) electrons. The number of hydrogen-bond donors (Lipinski definition) is 1. The van der Waals surface area contributed by atoms with Gasteiger partial charge in [0, 0.05) is 24.0 Å². The van der Waals surface area contributed by atoms with E-state index in [0.717, 1.165) is 25.5 Å². The quantitative estimate of drug-likeness (QED) is 0.888. The molecule has 17 heavy (non-hydrogen) atoms. The average molecular weight is 251 g/mol. The number of hydrogen-bond acceptors (Lipinski definition) is 3. The molecule has 2 heterocycles. The van der Waals surface area contributed by atoms with Gasteiger partial charge in [-0.2, -0.15) is 11.3 Å². The molecule has 3 unspecified atom stereocenters. The molecule has 0 bridgehead atoms. The fourth-order valence-corrected chi connectivity index (χ4v) is 4.25. The summed E-state index contributed by atoms with van der Waals surface area (Å²) in [5.41, 5.74) is 1.77. The summed E-state index contributed by atoms with van der Waals surface area (Å²) in [7, 11) is 0. The zero-order valence-corrected chi connectivity index (χ0v) is 11.4. The first-order chi connectivity index (χ1) is 8.19. The third-order valence-corrected chi connectivity index (χ3v) is 5.19. The van der Waals surface area contributed by atoms with E-state index in [4.69, 9.17) is 4.74 Å². The Morgan fingerprint density at radius 3 is 3.18 bits per heavy atom. The van der Waals surface area contributed by atoms with Crippen LogP contribution < -0.4 is 5.32 Å². The Hall–Kier alpha value is -0.380. The number of thiophene rings is 1. The Bertz CT molecular complexity index is 374. The minimum Gasteiger partial charge on any atom is -0.377 e. The van der Waals surface area contributed by atoms with E-state index in [2.05, 4.69) is 36.0 Å². The lowest BCUT2D eigenvalue weighted by Gasteiger charge is -2.55. The van der Waals surface area contributed by atoms with Crippen LogP contribution in [0.25, 0.3) is 0 Å². The predicted molar refractivity (Wildman–Crippen MR) is 71.4 cm³/mol. The van der Waals surface area contributed by atoms with Gasteiger partial charge in [0.2, 0.25) is 0 Å². The second-order valence-corrected chi connectivity index (χ2v) is 6.66. The van der Waals surface area contributed by atoms with E-state index in [1.165, 1.54) is 12.0 Å². The molecule has 3 heteroatoms. The Morgan fingerprint density at radius 2 is 2.41 bits per heavy atom. The van der Waals surface area contributed by atoms with Crippen LogP contribution >= 0.6 is 11.3 Å². The Balaban J connectivity index is 1.52. The Morgan fingerprint density at radius 1 is 1.53 bits per heavy atom. The summed E-state index contributed by atoms with van der Waals surface area (Å²) < 4.78 is 5.81. The van der Waals surface area contributed by atoms with Crippen molar-refractivity contribution < 1.29 is 4.74 Å². The lowest BCUT2D eigenvalue weighted by atomic mass is 9.57. The zero-order valence-electron chi connectivity index (χ0n) is 10.6. The second-order valence-electron chi connectivity index (χ2n) is 5.88. The summed E-state index contributed by atoms with van der Waals surface area (Å²) in [5, 5.41) is 8.15. The largest absolute Gasteiger partial charge is 0.377 e. The maximum absolute atomic E-state index is 5.81. The number of ether oxygens (including phenoxy) is 1. The Labute approximate surface area is 107 Å². The molecule has 1 saturated heterocycles. The first-order valence-electron chi connectivity index (χ1n) is 6.55. The van der Waals surface area contributed by atoms with Gasteiger partial charge in [-0.15, -0.1) is 0 Å². The van der Waals surface area contributed by atoms with Gasteiger partial charge in [0.25, 0.3) is 0 Å². The maximum atomic E-state index is 5.81. The van der Waals surface area contributed by atoms with E-state index in [-0.39, 0.29) is 0 Å². The van der Waals surface area contributed by atoms with Gasteiger partial charge in [0.1, 0.15) is 0 Å². The number of fused-ring (bicyclic) bond motifs is 1. The normalized spacial score (nSPS) is 34.4. The van der Waals surface area contributed by atoms with Gasteiger partial charge in [0.05, 0.1) is 6.10 Å². The van der Waals surface area contributed by atoms with E-state index in [9.17, 15) is 0 Å². The third-order valence-electron chi connectivity index (χ3n) is 4.46. The summed E-state index contributed by atoms with van der Waals surface area (Å²) in [6.45, 7) is 6.72. The van der Waals surface area contributed by atoms with Gasteiger partial charge in [-0.3, -0.25) is 0 Å². The lowest BCUT2D eigenvalue weighted by Crippen LogP contribution is -2.66. The van der Waals surface area contributed by atoms with Crippen LogP contribution in [-0.4, -0.2) is 25.3 Å². The van der Waals surface area contributed by atoms with Crippen LogP contribution in [0.2, 0.25) is 0 Å². The minimum atomic E-state index is 0.315. The zero-order chi connectivity index (χ0) is 11.9. The van der Waals surface area contributed by atoms with Crippen LogP contribution in [0.5, 0.6) is 0 Å². The summed E-state index contributed by atoms with van der Waals surface area (Å²) in [6, 6.07) is 2.87. The summed E-state index contributed by atoms with van der Waals surface area (Å²) in [4.78, 5) is 0. The fraction of sp³-hybridized carbons (Fsp3) is 0.714. The molecule has 3 rings (SSSR count). The van der Waals surface area contributed by atoms with Gasteiger partial charge in [0.15, 0.2) is 0 Å². The van der Waals surface area contributed by atoms with E-state index in [1.54, 1.807) is 11.3 Å². The fourth-order valence-electron chi connectivity index (χ4n) is 3.55. The standard InChI is InChI=1S/C14H21NOS/c1-14(2)12(11-4-7-16-13(11)14)15-6-3-10-5-8-17-9-10/h5,8-9,11-13,15H,3-4,6-7H2,1-2H3. The highest BCUT2D eigenvalue weighted by atomic mass is 32.1. The maximum Gasteiger partial charge on any atom is 0.0685 e. The Kier molecular flexibility index (Phi) is 3.01. The van der Waals surface area contributed by atoms with Crippen LogP contribution in [0.4, 0.5) is 0 Å². The van der Waals surface area contributed by atoms with E-state index in [0.29, 0.717) is 17.6 Å². The van der Waals surface area contributed by atoms with Crippen molar-refractivity contribution in [1.82, 2.24) is 5.32 Å². The highest BCUT2D eigenvalue weighted by Crippen LogP contribution is 2.51. The first-order valence-corrected chi connectivity index (χ1v) is 7.50. The molecule has 0 amide bonds. The van der Waals surface area contributed by atoms with Crippen molar-refractivity contribution in [3.63, 3.8) is 0 Å². The molecule has 1 aromatic heterocycles. The molecule has 2 aliphatic rings. The molecule has 2 fully saturated rings. The highest BCUT2D eigenvalue weighted by Gasteiger charge is 2.58. The molecule has 94 valence electrons. The van der Waals surface area contributed by atoms with Crippen LogP contribution in [0, 0.1) is 11.3 Å². The first kappa shape index (κ1) is 11.7. The molecule has 3 atom stereocenters.